The van der Waals surface area contributed by atoms with Crippen LogP contribution in [0.1, 0.15) is 31.3 Å². The number of hydrogen-bond acceptors (Lipinski definition) is 8. The summed E-state index contributed by atoms with van der Waals surface area (Å²) in [4.78, 5) is 19.4. The molecule has 3 atom stereocenters. The molecule has 1 amide bonds. The molecule has 3 aromatic heterocycles. The fraction of sp³-hybridized carbons (Fsp3) is 0.474. The molecule has 3 N–H and O–H groups in total. The lowest BCUT2D eigenvalue weighted by molar-refractivity contribution is -0.330. The minimum absolute atomic E-state index is 0.0269. The van der Waals surface area contributed by atoms with Crippen LogP contribution in [0.2, 0.25) is 0 Å². The first kappa shape index (κ1) is 24.6. The van der Waals surface area contributed by atoms with Crippen LogP contribution in [0.25, 0.3) is 5.65 Å². The van der Waals surface area contributed by atoms with E-state index < -0.39 is 43.3 Å². The maximum Gasteiger partial charge on any atom is 0.522 e. The van der Waals surface area contributed by atoms with Gasteiger partial charge in [0.1, 0.15) is 6.10 Å². The molecule has 1 saturated heterocycles. The molecule has 1 aliphatic heterocycles. The summed E-state index contributed by atoms with van der Waals surface area (Å²) in [5.41, 5.74) is -0.257. The average molecular weight is 505 g/mol. The third-order valence-corrected chi connectivity index (χ3v) is 4.77. The van der Waals surface area contributed by atoms with Gasteiger partial charge in [-0.2, -0.15) is 5.10 Å². The molecule has 0 aromatic carbocycles. The number of aromatic nitrogens is 5. The molecule has 1 aliphatic rings. The number of nitrogens with zero attached hydrogens (tertiary/aromatic N) is 4. The standard InChI is InChI=1S/C19H20F5N7O4/c1-8(2)26-18(32)35-12-7-33-15(14(12)21)11-3-13(30-29-11)28-17-25-4-10(20)16-27-9(5-31(16)17)6-34-19(22,23)24/h3-5,8,12,14-15H,6-7H2,1-2H3,(H,26,32)(H2,25,28,29,30)/t12-,14+,15-/m1/s1. The van der Waals surface area contributed by atoms with Gasteiger partial charge in [0.05, 0.1) is 30.8 Å². The highest BCUT2D eigenvalue weighted by Gasteiger charge is 2.42. The van der Waals surface area contributed by atoms with Gasteiger partial charge in [-0.1, -0.05) is 0 Å². The average Bonchev–Trinajstić information content (AvgIpc) is 3.47. The first-order valence-electron chi connectivity index (χ1n) is 10.3. The van der Waals surface area contributed by atoms with Gasteiger partial charge in [-0.3, -0.25) is 14.2 Å². The molecule has 0 aliphatic carbocycles. The number of nitrogens with one attached hydrogen (secondary N) is 3. The van der Waals surface area contributed by atoms with E-state index in [0.717, 1.165) is 16.8 Å². The molecule has 4 heterocycles. The Kier molecular flexibility index (Phi) is 6.75. The number of amides is 1. The number of H-pyrrole nitrogens is 1. The van der Waals surface area contributed by atoms with Crippen molar-refractivity contribution >= 4 is 23.5 Å². The topological polar surface area (TPSA) is 128 Å². The van der Waals surface area contributed by atoms with Crippen LogP contribution in [0.15, 0.2) is 18.5 Å². The zero-order valence-corrected chi connectivity index (χ0v) is 18.3. The maximum atomic E-state index is 14.8. The Morgan fingerprint density at radius 2 is 2.17 bits per heavy atom. The van der Waals surface area contributed by atoms with Crippen molar-refractivity contribution < 1.29 is 41.0 Å². The number of alkyl carbamates (subject to hydrolysis) is 1. The van der Waals surface area contributed by atoms with Crippen molar-refractivity contribution in [1.82, 2.24) is 29.9 Å². The van der Waals surface area contributed by atoms with Gasteiger partial charge in [-0.05, 0) is 13.8 Å². The number of alkyl halides is 4. The van der Waals surface area contributed by atoms with E-state index in [0.29, 0.717) is 0 Å². The molecule has 1 fully saturated rings. The number of imidazole rings is 1. The Morgan fingerprint density at radius 1 is 1.40 bits per heavy atom. The Morgan fingerprint density at radius 3 is 2.89 bits per heavy atom. The molecule has 190 valence electrons. The molecular weight excluding hydrogens is 485 g/mol. The number of hydrogen-bond donors (Lipinski definition) is 3. The largest absolute Gasteiger partial charge is 0.522 e. The third-order valence-electron chi connectivity index (χ3n) is 4.77. The van der Waals surface area contributed by atoms with Crippen molar-refractivity contribution in [3.05, 3.63) is 35.7 Å². The number of carbonyl (C=O) groups is 1. The first-order chi connectivity index (χ1) is 16.5. The Bertz CT molecular complexity index is 1200. The van der Waals surface area contributed by atoms with Gasteiger partial charge in [0.2, 0.25) is 5.95 Å². The van der Waals surface area contributed by atoms with Crippen LogP contribution >= 0.6 is 0 Å². The Labute approximate surface area is 194 Å². The number of ether oxygens (including phenoxy) is 3. The first-order valence-corrected chi connectivity index (χ1v) is 10.3. The summed E-state index contributed by atoms with van der Waals surface area (Å²) in [6.45, 7) is 2.36. The SMILES string of the molecule is CC(C)NC(=O)O[C@@H]1CO[C@H](c2cc(Nc3ncc(F)c4nc(COC(F)(F)F)cn34)n[nH]2)[C@H]1F. The normalized spacial score (nSPS) is 20.5. The van der Waals surface area contributed by atoms with E-state index in [-0.39, 0.29) is 41.4 Å². The van der Waals surface area contributed by atoms with Crippen LogP contribution < -0.4 is 10.6 Å². The number of fused-ring (bicyclic) bond motifs is 1. The van der Waals surface area contributed by atoms with Gasteiger partial charge < -0.3 is 20.1 Å². The van der Waals surface area contributed by atoms with Crippen molar-refractivity contribution in [1.29, 1.82) is 0 Å². The number of halogens is 5. The molecule has 35 heavy (non-hydrogen) atoms. The number of aromatic amines is 1. The Balaban J connectivity index is 1.46. The predicted molar refractivity (Wildman–Crippen MR) is 108 cm³/mol. The molecule has 3 aromatic rings. The molecule has 0 unspecified atom stereocenters. The van der Waals surface area contributed by atoms with E-state index in [9.17, 15) is 26.7 Å². The molecule has 4 rings (SSSR count). The van der Waals surface area contributed by atoms with Gasteiger partial charge in [-0.15, -0.1) is 13.2 Å². The lowest BCUT2D eigenvalue weighted by Crippen LogP contribution is -2.36. The third kappa shape index (κ3) is 5.76. The van der Waals surface area contributed by atoms with Crippen molar-refractivity contribution in [3.63, 3.8) is 0 Å². The summed E-state index contributed by atoms with van der Waals surface area (Å²) >= 11 is 0. The second-order valence-corrected chi connectivity index (χ2v) is 7.86. The second-order valence-electron chi connectivity index (χ2n) is 7.86. The van der Waals surface area contributed by atoms with Crippen molar-refractivity contribution in [2.45, 2.75) is 51.2 Å². The highest BCUT2D eigenvalue weighted by atomic mass is 19.4. The monoisotopic (exact) mass is 505 g/mol. The summed E-state index contributed by atoms with van der Waals surface area (Å²) in [5, 5.41) is 11.8. The van der Waals surface area contributed by atoms with Crippen LogP contribution in [-0.2, 0) is 20.8 Å². The molecular formula is C19H20F5N7O4. The molecule has 11 nitrogen and oxygen atoms in total. The summed E-state index contributed by atoms with van der Waals surface area (Å²) in [7, 11) is 0. The van der Waals surface area contributed by atoms with E-state index in [1.165, 1.54) is 6.07 Å². The summed E-state index contributed by atoms with van der Waals surface area (Å²) in [5.74, 6) is -0.774. The summed E-state index contributed by atoms with van der Waals surface area (Å²) in [6.07, 6.45) is -7.60. The quantitative estimate of drug-likeness (QED) is 0.418. The lowest BCUT2D eigenvalue weighted by atomic mass is 10.1. The minimum Gasteiger partial charge on any atom is -0.441 e. The van der Waals surface area contributed by atoms with Crippen molar-refractivity contribution in [2.24, 2.45) is 0 Å². The zero-order chi connectivity index (χ0) is 25.3. The van der Waals surface area contributed by atoms with E-state index >= 15 is 0 Å². The highest BCUT2D eigenvalue weighted by molar-refractivity contribution is 5.67. The second kappa shape index (κ2) is 9.61. The fourth-order valence-corrected chi connectivity index (χ4v) is 3.32. The molecule has 0 bridgehead atoms. The van der Waals surface area contributed by atoms with Crippen LogP contribution in [0, 0.1) is 5.82 Å². The van der Waals surface area contributed by atoms with E-state index in [1.807, 2.05) is 0 Å². The van der Waals surface area contributed by atoms with Gasteiger partial charge in [0.15, 0.2) is 29.6 Å². The molecule has 0 saturated carbocycles. The highest BCUT2D eigenvalue weighted by Crippen LogP contribution is 2.33. The molecule has 0 radical (unpaired) electrons. The van der Waals surface area contributed by atoms with Gasteiger partial charge in [-0.25, -0.2) is 23.5 Å². The van der Waals surface area contributed by atoms with Crippen molar-refractivity contribution in [3.8, 4) is 0 Å². The number of carbonyl (C=O) groups excluding carboxylic acids is 1. The van der Waals surface area contributed by atoms with Crippen LogP contribution in [0.3, 0.4) is 0 Å². The molecule has 16 heteroatoms. The summed E-state index contributed by atoms with van der Waals surface area (Å²) < 4.78 is 81.1. The van der Waals surface area contributed by atoms with Crippen molar-refractivity contribution in [2.75, 3.05) is 11.9 Å². The smallest absolute Gasteiger partial charge is 0.441 e. The van der Waals surface area contributed by atoms with Gasteiger partial charge >= 0.3 is 12.5 Å². The Hall–Kier alpha value is -3.53. The van der Waals surface area contributed by atoms with Crippen LogP contribution in [0.4, 0.5) is 38.5 Å². The van der Waals surface area contributed by atoms with Crippen LogP contribution in [0.5, 0.6) is 0 Å². The van der Waals surface area contributed by atoms with E-state index in [1.54, 1.807) is 13.8 Å². The van der Waals surface area contributed by atoms with E-state index in [2.05, 4.69) is 35.5 Å². The maximum absolute atomic E-state index is 14.8. The number of rotatable bonds is 7. The van der Waals surface area contributed by atoms with E-state index in [4.69, 9.17) is 9.47 Å². The van der Waals surface area contributed by atoms with Crippen LogP contribution in [-0.4, -0.2) is 61.9 Å². The predicted octanol–water partition coefficient (Wildman–Crippen LogP) is 3.28. The van der Waals surface area contributed by atoms with Gasteiger partial charge in [0.25, 0.3) is 0 Å². The number of anilines is 2. The fourth-order valence-electron chi connectivity index (χ4n) is 3.32. The molecule has 0 spiro atoms. The van der Waals surface area contributed by atoms with Gasteiger partial charge in [0, 0.05) is 18.3 Å². The summed E-state index contributed by atoms with van der Waals surface area (Å²) in [6, 6.07) is 1.21. The minimum atomic E-state index is -4.88. The lowest BCUT2D eigenvalue weighted by Gasteiger charge is -2.16. The zero-order valence-electron chi connectivity index (χ0n) is 18.3.